The van der Waals surface area contributed by atoms with Crippen LogP contribution in [0.4, 0.5) is 0 Å². The van der Waals surface area contributed by atoms with E-state index in [-0.39, 0.29) is 19.1 Å². The summed E-state index contributed by atoms with van der Waals surface area (Å²) < 4.78 is 23.4. The highest BCUT2D eigenvalue weighted by atomic mass is 31.2. The van der Waals surface area contributed by atoms with Crippen LogP contribution in [0.5, 0.6) is 0 Å². The van der Waals surface area contributed by atoms with Crippen molar-refractivity contribution >= 4 is 13.7 Å². The molecule has 0 rings (SSSR count). The zero-order chi connectivity index (χ0) is 55.6. The van der Waals surface area contributed by atoms with Gasteiger partial charge in [0.2, 0.25) is 5.91 Å². The van der Waals surface area contributed by atoms with E-state index in [0.717, 1.165) is 38.5 Å². The summed E-state index contributed by atoms with van der Waals surface area (Å²) in [6, 6.07) is -0.901. The quantitative estimate of drug-likeness (QED) is 0.0272. The molecule has 0 aliphatic carbocycles. The fourth-order valence-corrected chi connectivity index (χ4v) is 11.1. The van der Waals surface area contributed by atoms with Crippen molar-refractivity contribution in [3.63, 3.8) is 0 Å². The molecule has 2 N–H and O–H groups in total. The Balaban J connectivity index is 4.01. The number of aliphatic hydroxyl groups excluding tert-OH is 1. The van der Waals surface area contributed by atoms with Crippen LogP contribution < -0.4 is 10.2 Å². The molecule has 0 fully saturated rings. The number of nitrogens with zero attached hydrogens (tertiary/aromatic N) is 1. The van der Waals surface area contributed by atoms with Gasteiger partial charge in [-0.2, -0.15) is 0 Å². The second kappa shape index (κ2) is 58.6. The van der Waals surface area contributed by atoms with E-state index in [9.17, 15) is 19.4 Å². The Hall–Kier alpha value is -1.02. The molecule has 1 amide bonds. The van der Waals surface area contributed by atoms with Gasteiger partial charge in [-0.15, -0.1) is 0 Å². The molecule has 0 aromatic carbocycles. The number of phosphoric acid groups is 1. The molecule has 452 valence electrons. The van der Waals surface area contributed by atoms with E-state index in [0.29, 0.717) is 17.4 Å². The highest BCUT2D eigenvalue weighted by Crippen LogP contribution is 2.38. The number of amides is 1. The third-order valence-corrected chi connectivity index (χ3v) is 16.6. The maximum absolute atomic E-state index is 13.0. The number of unbranched alkanes of at least 4 members (excludes halogenated alkanes) is 48. The number of aliphatic hydroxyl groups is 1. The van der Waals surface area contributed by atoms with Gasteiger partial charge in [0.15, 0.2) is 0 Å². The zero-order valence-corrected chi connectivity index (χ0v) is 52.6. The van der Waals surface area contributed by atoms with Gasteiger partial charge in [-0.1, -0.05) is 334 Å². The number of hydrogen-bond acceptors (Lipinski definition) is 6. The van der Waals surface area contributed by atoms with Crippen molar-refractivity contribution in [2.75, 3.05) is 40.9 Å². The van der Waals surface area contributed by atoms with Crippen LogP contribution in [0.1, 0.15) is 348 Å². The summed E-state index contributed by atoms with van der Waals surface area (Å²) in [4.78, 5) is 25.6. The van der Waals surface area contributed by atoms with Crippen LogP contribution in [-0.4, -0.2) is 68.5 Å². The summed E-state index contributed by atoms with van der Waals surface area (Å²) in [5, 5.41) is 13.9. The molecule has 0 saturated carbocycles. The first-order valence-electron chi connectivity index (χ1n) is 33.7. The molecule has 0 bridgehead atoms. The molecule has 0 radical (unpaired) electrons. The first-order chi connectivity index (χ1) is 37.0. The van der Waals surface area contributed by atoms with Gasteiger partial charge in [0, 0.05) is 6.42 Å². The molecule has 3 unspecified atom stereocenters. The molecule has 76 heavy (non-hydrogen) atoms. The average Bonchev–Trinajstić information content (AvgIpc) is 3.38. The second-order valence-corrected chi connectivity index (χ2v) is 25.9. The van der Waals surface area contributed by atoms with Crippen LogP contribution in [0, 0.1) is 0 Å². The zero-order valence-electron chi connectivity index (χ0n) is 51.7. The monoisotopic (exact) mass is 1090 g/mol. The Morgan fingerprint density at radius 2 is 0.737 bits per heavy atom. The highest BCUT2D eigenvalue weighted by molar-refractivity contribution is 7.45. The van der Waals surface area contributed by atoms with E-state index in [2.05, 4.69) is 31.3 Å². The number of hydrogen-bond donors (Lipinski definition) is 2. The summed E-state index contributed by atoms with van der Waals surface area (Å²) in [6.07, 6.45) is 75.9. The predicted octanol–water partition coefficient (Wildman–Crippen LogP) is 20.5. The molecular formula is C67H133N2O6P. The van der Waals surface area contributed by atoms with Crippen molar-refractivity contribution in [1.82, 2.24) is 5.32 Å². The first kappa shape index (κ1) is 75.0. The second-order valence-electron chi connectivity index (χ2n) is 24.5. The number of quaternary nitrogens is 1. The smallest absolute Gasteiger partial charge is 0.268 e. The minimum absolute atomic E-state index is 0.00355. The Morgan fingerprint density at radius 1 is 0.447 bits per heavy atom. The van der Waals surface area contributed by atoms with Gasteiger partial charge in [-0.3, -0.25) is 9.36 Å². The summed E-state index contributed by atoms with van der Waals surface area (Å²) in [5.74, 6) is -0.199. The fraction of sp³-hybridized carbons (Fsp3) is 0.925. The number of likely N-dealkylation sites (N-methyl/N-ethyl adjacent to an activating group) is 1. The van der Waals surface area contributed by atoms with Crippen LogP contribution in [-0.2, 0) is 18.4 Å². The van der Waals surface area contributed by atoms with Gasteiger partial charge < -0.3 is 28.8 Å². The van der Waals surface area contributed by atoms with E-state index < -0.39 is 20.0 Å². The Labute approximate surface area is 474 Å². The number of carbonyl (C=O) groups excluding carboxylic acids is 1. The Morgan fingerprint density at radius 3 is 1.07 bits per heavy atom. The lowest BCUT2D eigenvalue weighted by Crippen LogP contribution is -2.45. The number of rotatable bonds is 63. The SMILES string of the molecule is CCCCCCCCCCCCCCCC/C=C/CC/C=C/C(O)C(COP(=O)([O-])OCC[N+](C)(C)C)NC(=O)CCCCCCCCCCCCCCCCCCCCCCCCCCCCCCCCCCCC. The van der Waals surface area contributed by atoms with E-state index in [1.165, 1.54) is 289 Å². The normalized spacial score (nSPS) is 13.8. The molecule has 0 aliphatic heterocycles. The lowest BCUT2D eigenvalue weighted by Gasteiger charge is -2.29. The van der Waals surface area contributed by atoms with Gasteiger partial charge in [0.1, 0.15) is 13.2 Å². The van der Waals surface area contributed by atoms with Crippen molar-refractivity contribution in [2.24, 2.45) is 0 Å². The average molecular weight is 1090 g/mol. The van der Waals surface area contributed by atoms with Gasteiger partial charge in [0.05, 0.1) is 39.9 Å². The molecule has 0 spiro atoms. The van der Waals surface area contributed by atoms with Crippen molar-refractivity contribution in [1.29, 1.82) is 0 Å². The largest absolute Gasteiger partial charge is 0.756 e. The van der Waals surface area contributed by atoms with Crippen molar-refractivity contribution in [3.05, 3.63) is 24.3 Å². The minimum atomic E-state index is -4.61. The van der Waals surface area contributed by atoms with E-state index in [1.54, 1.807) is 6.08 Å². The summed E-state index contributed by atoms with van der Waals surface area (Å²) in [7, 11) is 1.26. The summed E-state index contributed by atoms with van der Waals surface area (Å²) in [5.41, 5.74) is 0. The lowest BCUT2D eigenvalue weighted by atomic mass is 10.0. The van der Waals surface area contributed by atoms with Crippen molar-refractivity contribution in [3.8, 4) is 0 Å². The molecule has 0 aliphatic rings. The summed E-state index contributed by atoms with van der Waals surface area (Å²) >= 11 is 0. The van der Waals surface area contributed by atoms with E-state index >= 15 is 0 Å². The number of nitrogens with one attached hydrogen (secondary N) is 1. The van der Waals surface area contributed by atoms with Crippen LogP contribution in [0.15, 0.2) is 24.3 Å². The minimum Gasteiger partial charge on any atom is -0.756 e. The Kier molecular flexibility index (Phi) is 57.8. The Bertz CT molecular complexity index is 1290. The van der Waals surface area contributed by atoms with Gasteiger partial charge >= 0.3 is 0 Å². The van der Waals surface area contributed by atoms with Crippen LogP contribution in [0.2, 0.25) is 0 Å². The molecule has 0 heterocycles. The molecule has 9 heteroatoms. The molecule has 8 nitrogen and oxygen atoms in total. The third-order valence-electron chi connectivity index (χ3n) is 15.7. The molecular weight excluding hydrogens is 960 g/mol. The van der Waals surface area contributed by atoms with E-state index in [4.69, 9.17) is 9.05 Å². The highest BCUT2D eigenvalue weighted by Gasteiger charge is 2.23. The van der Waals surface area contributed by atoms with Crippen LogP contribution >= 0.6 is 7.82 Å². The number of allylic oxidation sites excluding steroid dienone is 3. The van der Waals surface area contributed by atoms with Crippen LogP contribution in [0.25, 0.3) is 0 Å². The topological polar surface area (TPSA) is 108 Å². The maximum Gasteiger partial charge on any atom is 0.268 e. The number of phosphoric ester groups is 1. The van der Waals surface area contributed by atoms with Crippen molar-refractivity contribution in [2.45, 2.75) is 360 Å². The summed E-state index contributed by atoms with van der Waals surface area (Å²) in [6.45, 7) is 4.69. The first-order valence-corrected chi connectivity index (χ1v) is 35.2. The third kappa shape index (κ3) is 60.6. The van der Waals surface area contributed by atoms with Gasteiger partial charge in [-0.25, -0.2) is 0 Å². The van der Waals surface area contributed by atoms with Gasteiger partial charge in [-0.05, 0) is 32.1 Å². The number of carbonyl (C=O) groups is 1. The fourth-order valence-electron chi connectivity index (χ4n) is 10.4. The molecule has 0 aromatic rings. The predicted molar refractivity (Wildman–Crippen MR) is 330 cm³/mol. The molecule has 0 aromatic heterocycles. The van der Waals surface area contributed by atoms with E-state index in [1.807, 2.05) is 27.2 Å². The lowest BCUT2D eigenvalue weighted by molar-refractivity contribution is -0.870. The molecule has 0 saturated heterocycles. The standard InChI is InChI=1S/C67H133N2O6P/c1-6-8-10-12-14-16-18-20-22-24-26-28-29-30-31-32-33-34-35-36-37-38-39-40-41-43-45-47-49-51-53-55-57-59-61-67(71)68-65(64-75-76(72,73)74-63-62-69(3,4)5)66(70)60-58-56-54-52-50-48-46-44-42-27-25-23-21-19-17-15-13-11-9-7-2/h50,52,58,60,65-66,70H,6-49,51,53-57,59,61-64H2,1-5H3,(H-,68,71,72,73)/b52-50+,60-58+. The molecule has 3 atom stereocenters. The van der Waals surface area contributed by atoms with Gasteiger partial charge in [0.25, 0.3) is 7.82 Å². The van der Waals surface area contributed by atoms with Crippen LogP contribution in [0.3, 0.4) is 0 Å². The van der Waals surface area contributed by atoms with Crippen molar-refractivity contribution < 1.29 is 32.9 Å². The maximum atomic E-state index is 13.0.